The highest BCUT2D eigenvalue weighted by atomic mass is 16.5. The first kappa shape index (κ1) is 10.1. The van der Waals surface area contributed by atoms with Gasteiger partial charge in [0.05, 0.1) is 0 Å². The van der Waals surface area contributed by atoms with Gasteiger partial charge in [0, 0.05) is 23.8 Å². The highest BCUT2D eigenvalue weighted by molar-refractivity contribution is 5.35. The lowest BCUT2D eigenvalue weighted by molar-refractivity contribution is 0.276. The molecule has 2 heteroatoms. The zero-order valence-corrected chi connectivity index (χ0v) is 9.53. The number of fused-ring (bicyclic) bond motifs is 1. The maximum Gasteiger partial charge on any atom is 0.131 e. The Bertz CT molecular complexity index is 382. The molecule has 0 atom stereocenters. The molecule has 0 saturated carbocycles. The zero-order valence-electron chi connectivity index (χ0n) is 9.53. The fourth-order valence-corrected chi connectivity index (χ4v) is 1.86. The second kappa shape index (κ2) is 3.97. The average Bonchev–Trinajstić information content (AvgIpc) is 2.39. The van der Waals surface area contributed by atoms with Gasteiger partial charge in [-0.05, 0) is 26.8 Å². The molecule has 1 aliphatic heterocycles. The number of nitrogens with zero attached hydrogens (tertiary/aromatic N) is 1. The summed E-state index contributed by atoms with van der Waals surface area (Å²) in [6.07, 6.45) is 1.84. The number of para-hydroxylation sites is 1. The predicted octanol–water partition coefficient (Wildman–Crippen LogP) is 3.15. The molecule has 0 aliphatic carbocycles. The van der Waals surface area contributed by atoms with E-state index in [1.165, 1.54) is 11.3 Å². The molecule has 0 radical (unpaired) electrons. The summed E-state index contributed by atoms with van der Waals surface area (Å²) < 4.78 is 5.64. The van der Waals surface area contributed by atoms with Gasteiger partial charge in [0.25, 0.3) is 0 Å². The summed E-state index contributed by atoms with van der Waals surface area (Å²) in [6.45, 7) is 7.42. The Balaban J connectivity index is 2.35. The summed E-state index contributed by atoms with van der Waals surface area (Å²) in [7, 11) is 0. The minimum atomic E-state index is 0.496. The number of hydrogen-bond donors (Lipinski definition) is 0. The van der Waals surface area contributed by atoms with Crippen LogP contribution in [0, 0.1) is 0 Å². The summed E-state index contributed by atoms with van der Waals surface area (Å²) in [5, 5.41) is 0. The third-order valence-corrected chi connectivity index (χ3v) is 2.75. The van der Waals surface area contributed by atoms with Gasteiger partial charge < -0.3 is 9.64 Å². The molecule has 1 aromatic carbocycles. The van der Waals surface area contributed by atoms with Crippen molar-refractivity contribution in [2.45, 2.75) is 33.4 Å². The lowest BCUT2D eigenvalue weighted by Gasteiger charge is -2.27. The first-order valence-electron chi connectivity index (χ1n) is 5.36. The van der Waals surface area contributed by atoms with Crippen molar-refractivity contribution < 1.29 is 4.74 Å². The smallest absolute Gasteiger partial charge is 0.131 e. The van der Waals surface area contributed by atoms with Crippen molar-refractivity contribution >= 4 is 0 Å². The molecule has 0 saturated heterocycles. The van der Waals surface area contributed by atoms with E-state index in [4.69, 9.17) is 4.74 Å². The van der Waals surface area contributed by atoms with Gasteiger partial charge >= 0.3 is 0 Å². The monoisotopic (exact) mass is 203 g/mol. The first-order chi connectivity index (χ1) is 7.18. The first-order valence-corrected chi connectivity index (χ1v) is 5.36. The van der Waals surface area contributed by atoms with Crippen LogP contribution in [-0.4, -0.2) is 10.9 Å². The lowest BCUT2D eigenvalue weighted by Crippen LogP contribution is -2.27. The van der Waals surface area contributed by atoms with Crippen molar-refractivity contribution in [3.63, 3.8) is 0 Å². The zero-order chi connectivity index (χ0) is 10.8. The molecule has 2 nitrogen and oxygen atoms in total. The molecule has 15 heavy (non-hydrogen) atoms. The van der Waals surface area contributed by atoms with E-state index in [1.807, 2.05) is 18.4 Å². The third-order valence-electron chi connectivity index (χ3n) is 2.75. The summed E-state index contributed by atoms with van der Waals surface area (Å²) in [5.41, 5.74) is 2.43. The van der Waals surface area contributed by atoms with Gasteiger partial charge in [0.2, 0.25) is 0 Å². The van der Waals surface area contributed by atoms with Gasteiger partial charge in [0.15, 0.2) is 0 Å². The molecule has 0 aromatic heterocycles. The van der Waals surface area contributed by atoms with E-state index < -0.39 is 0 Å². The number of hydrogen-bond acceptors (Lipinski definition) is 2. The van der Waals surface area contributed by atoms with Crippen molar-refractivity contribution in [1.82, 2.24) is 4.90 Å². The Labute approximate surface area is 91.2 Å². The molecular weight excluding hydrogens is 186 g/mol. The Hall–Kier alpha value is -1.44. The molecular formula is C13H17NO. The summed E-state index contributed by atoms with van der Waals surface area (Å²) in [5.74, 6) is 0.972. The maximum atomic E-state index is 5.64. The van der Waals surface area contributed by atoms with Gasteiger partial charge in [-0.3, -0.25) is 0 Å². The Morgan fingerprint density at radius 2 is 2.00 bits per heavy atom. The standard InChI is InChI=1S/C13H17NO/c1-10(2)14-8-12-6-4-5-7-13(12)15-9-11(14)3/h4-7,9-10H,8H2,1-3H3. The Morgan fingerprint density at radius 3 is 2.73 bits per heavy atom. The van der Waals surface area contributed by atoms with E-state index in [0.717, 1.165) is 12.3 Å². The van der Waals surface area contributed by atoms with Crippen LogP contribution in [0.1, 0.15) is 26.3 Å². The van der Waals surface area contributed by atoms with Crippen LogP contribution in [0.3, 0.4) is 0 Å². The quantitative estimate of drug-likeness (QED) is 0.695. The second-order valence-corrected chi connectivity index (χ2v) is 4.21. The van der Waals surface area contributed by atoms with Crippen molar-refractivity contribution in [3.05, 3.63) is 41.8 Å². The van der Waals surface area contributed by atoms with Gasteiger partial charge in [-0.2, -0.15) is 0 Å². The Morgan fingerprint density at radius 1 is 1.27 bits per heavy atom. The molecule has 0 fully saturated rings. The van der Waals surface area contributed by atoms with Crippen LogP contribution >= 0.6 is 0 Å². The van der Waals surface area contributed by atoms with Gasteiger partial charge in [-0.25, -0.2) is 0 Å². The molecule has 1 aromatic rings. The van der Waals surface area contributed by atoms with Crippen LogP contribution in [0.5, 0.6) is 5.75 Å². The maximum absolute atomic E-state index is 5.64. The minimum absolute atomic E-state index is 0.496. The van der Waals surface area contributed by atoms with E-state index in [0.29, 0.717) is 6.04 Å². The summed E-state index contributed by atoms with van der Waals surface area (Å²) in [4.78, 5) is 2.34. The van der Waals surface area contributed by atoms with E-state index in [9.17, 15) is 0 Å². The number of rotatable bonds is 1. The Kier molecular flexibility index (Phi) is 2.67. The molecule has 2 rings (SSSR count). The fourth-order valence-electron chi connectivity index (χ4n) is 1.86. The highest BCUT2D eigenvalue weighted by Gasteiger charge is 2.16. The van der Waals surface area contributed by atoms with Crippen LogP contribution in [0.2, 0.25) is 0 Å². The lowest BCUT2D eigenvalue weighted by atomic mass is 10.1. The topological polar surface area (TPSA) is 12.5 Å². The number of benzene rings is 1. The summed E-state index contributed by atoms with van der Waals surface area (Å²) >= 11 is 0. The number of allylic oxidation sites excluding steroid dienone is 1. The van der Waals surface area contributed by atoms with E-state index in [-0.39, 0.29) is 0 Å². The second-order valence-electron chi connectivity index (χ2n) is 4.21. The third kappa shape index (κ3) is 1.99. The van der Waals surface area contributed by atoms with Crippen LogP contribution in [0.4, 0.5) is 0 Å². The molecule has 0 bridgehead atoms. The average molecular weight is 203 g/mol. The van der Waals surface area contributed by atoms with Crippen LogP contribution in [-0.2, 0) is 6.54 Å². The van der Waals surface area contributed by atoms with Crippen LogP contribution < -0.4 is 4.74 Å². The van der Waals surface area contributed by atoms with E-state index in [1.54, 1.807) is 0 Å². The van der Waals surface area contributed by atoms with E-state index in [2.05, 4.69) is 37.8 Å². The molecule has 1 aliphatic rings. The molecule has 0 amide bonds. The molecule has 0 N–H and O–H groups in total. The molecule has 0 unspecified atom stereocenters. The van der Waals surface area contributed by atoms with Crippen LogP contribution in [0.25, 0.3) is 0 Å². The minimum Gasteiger partial charge on any atom is -0.463 e. The fraction of sp³-hybridized carbons (Fsp3) is 0.385. The van der Waals surface area contributed by atoms with Gasteiger partial charge in [0.1, 0.15) is 12.0 Å². The van der Waals surface area contributed by atoms with Crippen molar-refractivity contribution in [2.24, 2.45) is 0 Å². The van der Waals surface area contributed by atoms with Gasteiger partial charge in [-0.1, -0.05) is 18.2 Å². The highest BCUT2D eigenvalue weighted by Crippen LogP contribution is 2.26. The normalized spacial score (nSPS) is 15.5. The van der Waals surface area contributed by atoms with Crippen molar-refractivity contribution in [3.8, 4) is 5.75 Å². The predicted molar refractivity (Wildman–Crippen MR) is 61.5 cm³/mol. The van der Waals surface area contributed by atoms with E-state index >= 15 is 0 Å². The molecule has 1 heterocycles. The summed E-state index contributed by atoms with van der Waals surface area (Å²) in [6, 6.07) is 8.70. The van der Waals surface area contributed by atoms with Crippen molar-refractivity contribution in [2.75, 3.05) is 0 Å². The molecule has 80 valence electrons. The van der Waals surface area contributed by atoms with Crippen molar-refractivity contribution in [1.29, 1.82) is 0 Å². The number of ether oxygens (including phenoxy) is 1. The SMILES string of the molecule is CC1=COc2ccccc2CN1C(C)C. The van der Waals surface area contributed by atoms with Gasteiger partial charge in [-0.15, -0.1) is 0 Å². The van der Waals surface area contributed by atoms with Crippen LogP contribution in [0.15, 0.2) is 36.2 Å². The largest absolute Gasteiger partial charge is 0.463 e. The molecule has 0 spiro atoms.